The van der Waals surface area contributed by atoms with Crippen molar-refractivity contribution in [1.82, 2.24) is 0 Å². The highest BCUT2D eigenvalue weighted by Gasteiger charge is 2.27. The van der Waals surface area contributed by atoms with Gasteiger partial charge in [-0.3, -0.25) is 4.79 Å². The Kier molecular flexibility index (Phi) is 3.51. The Labute approximate surface area is 140 Å². The molecule has 0 aliphatic heterocycles. The number of phenolic OH excluding ortho intramolecular Hbond substituents is 1. The summed E-state index contributed by atoms with van der Waals surface area (Å²) in [6, 6.07) is 24.7. The highest BCUT2D eigenvalue weighted by molar-refractivity contribution is 6.16. The van der Waals surface area contributed by atoms with Gasteiger partial charge in [0.25, 0.3) is 0 Å². The van der Waals surface area contributed by atoms with Crippen LogP contribution in [0.15, 0.2) is 84.4 Å². The molecule has 0 amide bonds. The van der Waals surface area contributed by atoms with Crippen molar-refractivity contribution in [3.8, 4) is 5.75 Å². The molecule has 116 valence electrons. The maximum absolute atomic E-state index is 13.1. The van der Waals surface area contributed by atoms with Gasteiger partial charge in [0.05, 0.1) is 0 Å². The average molecular weight is 312 g/mol. The van der Waals surface area contributed by atoms with Crippen molar-refractivity contribution in [2.24, 2.45) is 0 Å². The minimum atomic E-state index is -0.0269. The van der Waals surface area contributed by atoms with Crippen LogP contribution in [0, 0.1) is 0 Å². The molecule has 3 aromatic rings. The summed E-state index contributed by atoms with van der Waals surface area (Å²) in [6.07, 6.45) is 0.620. The van der Waals surface area contributed by atoms with Crippen molar-refractivity contribution in [3.05, 3.63) is 107 Å². The first kappa shape index (κ1) is 14.5. The number of hydrogen-bond acceptors (Lipinski definition) is 2. The van der Waals surface area contributed by atoms with Crippen LogP contribution in [0.1, 0.15) is 27.0 Å². The third-order valence-corrected chi connectivity index (χ3v) is 4.40. The molecule has 1 aliphatic carbocycles. The second kappa shape index (κ2) is 5.82. The second-order valence-electron chi connectivity index (χ2n) is 5.93. The van der Waals surface area contributed by atoms with E-state index >= 15 is 0 Å². The van der Waals surface area contributed by atoms with E-state index in [-0.39, 0.29) is 11.5 Å². The molecule has 0 bridgehead atoms. The van der Waals surface area contributed by atoms with Gasteiger partial charge >= 0.3 is 0 Å². The zero-order valence-electron chi connectivity index (χ0n) is 13.1. The predicted octanol–water partition coefficient (Wildman–Crippen LogP) is 4.63. The molecule has 0 saturated heterocycles. The predicted molar refractivity (Wildman–Crippen MR) is 95.0 cm³/mol. The van der Waals surface area contributed by atoms with Crippen molar-refractivity contribution in [1.29, 1.82) is 0 Å². The molecule has 2 heteroatoms. The van der Waals surface area contributed by atoms with Crippen LogP contribution in [0.25, 0.3) is 5.57 Å². The fourth-order valence-electron chi connectivity index (χ4n) is 3.31. The molecular formula is C22H16O2. The normalized spacial score (nSPS) is 13.0. The maximum Gasteiger partial charge on any atom is 0.190 e. The average Bonchev–Trinajstić information content (AvgIpc) is 3.01. The zero-order chi connectivity index (χ0) is 16.5. The number of ketones is 1. The Hall–Kier alpha value is -3.13. The van der Waals surface area contributed by atoms with E-state index in [1.54, 1.807) is 18.2 Å². The molecule has 0 fully saturated rings. The minimum absolute atomic E-state index is 0.0269. The van der Waals surface area contributed by atoms with Crippen LogP contribution in [0.5, 0.6) is 5.75 Å². The Morgan fingerprint density at radius 3 is 2.38 bits per heavy atom. The second-order valence-corrected chi connectivity index (χ2v) is 5.93. The van der Waals surface area contributed by atoms with Crippen molar-refractivity contribution in [2.75, 3.05) is 0 Å². The van der Waals surface area contributed by atoms with Crippen LogP contribution in [0.3, 0.4) is 0 Å². The molecule has 1 N–H and O–H groups in total. The molecule has 4 rings (SSSR count). The first-order valence-electron chi connectivity index (χ1n) is 7.94. The van der Waals surface area contributed by atoms with Crippen LogP contribution in [-0.2, 0) is 6.42 Å². The molecule has 0 atom stereocenters. The molecule has 1 aliphatic rings. The van der Waals surface area contributed by atoms with Gasteiger partial charge in [-0.1, -0.05) is 66.7 Å². The van der Waals surface area contributed by atoms with Crippen molar-refractivity contribution in [2.45, 2.75) is 6.42 Å². The minimum Gasteiger partial charge on any atom is -0.508 e. The van der Waals surface area contributed by atoms with Gasteiger partial charge in [-0.05, 0) is 34.4 Å². The molecule has 3 aromatic carbocycles. The number of fused-ring (bicyclic) bond motifs is 1. The number of hydrogen-bond donors (Lipinski definition) is 1. The van der Waals surface area contributed by atoms with Gasteiger partial charge in [-0.15, -0.1) is 0 Å². The summed E-state index contributed by atoms with van der Waals surface area (Å²) in [5, 5.41) is 9.69. The van der Waals surface area contributed by atoms with E-state index in [0.717, 1.165) is 22.3 Å². The van der Waals surface area contributed by atoms with Gasteiger partial charge < -0.3 is 5.11 Å². The number of rotatable bonds is 3. The summed E-state index contributed by atoms with van der Waals surface area (Å²) in [4.78, 5) is 13.1. The van der Waals surface area contributed by atoms with Crippen LogP contribution in [-0.4, -0.2) is 10.9 Å². The summed E-state index contributed by atoms with van der Waals surface area (Å²) in [6.45, 7) is 0. The summed E-state index contributed by atoms with van der Waals surface area (Å²) < 4.78 is 0. The number of allylic oxidation sites excluding steroid dienone is 1. The summed E-state index contributed by atoms with van der Waals surface area (Å²) in [5.41, 5.74) is 5.64. The van der Waals surface area contributed by atoms with E-state index in [1.165, 1.54) is 11.6 Å². The van der Waals surface area contributed by atoms with Gasteiger partial charge in [0.15, 0.2) is 5.78 Å². The monoisotopic (exact) mass is 312 g/mol. The first-order valence-corrected chi connectivity index (χ1v) is 7.94. The van der Waals surface area contributed by atoms with Crippen molar-refractivity contribution < 1.29 is 9.90 Å². The highest BCUT2D eigenvalue weighted by Crippen LogP contribution is 2.38. The quantitative estimate of drug-likeness (QED) is 0.716. The zero-order valence-corrected chi connectivity index (χ0v) is 13.1. The first-order chi connectivity index (χ1) is 11.7. The lowest BCUT2D eigenvalue weighted by Crippen LogP contribution is -2.05. The molecule has 24 heavy (non-hydrogen) atoms. The largest absolute Gasteiger partial charge is 0.508 e. The Bertz CT molecular complexity index is 952. The van der Waals surface area contributed by atoms with E-state index in [0.29, 0.717) is 12.0 Å². The number of aromatic hydroxyl groups is 1. The number of benzene rings is 3. The van der Waals surface area contributed by atoms with Gasteiger partial charge in [0.1, 0.15) is 5.75 Å². The van der Waals surface area contributed by atoms with Crippen molar-refractivity contribution >= 4 is 11.4 Å². The molecule has 2 nitrogen and oxygen atoms in total. The lowest BCUT2D eigenvalue weighted by atomic mass is 9.94. The molecule has 0 radical (unpaired) electrons. The molecule has 0 unspecified atom stereocenters. The third-order valence-electron chi connectivity index (χ3n) is 4.40. The van der Waals surface area contributed by atoms with E-state index in [1.807, 2.05) is 42.5 Å². The number of phenols is 1. The van der Waals surface area contributed by atoms with Gasteiger partial charge in [0.2, 0.25) is 0 Å². The van der Waals surface area contributed by atoms with Crippen LogP contribution >= 0.6 is 0 Å². The van der Waals surface area contributed by atoms with E-state index in [4.69, 9.17) is 0 Å². The summed E-state index contributed by atoms with van der Waals surface area (Å²) in [7, 11) is 0. The highest BCUT2D eigenvalue weighted by atomic mass is 16.3. The Balaban J connectivity index is 1.89. The van der Waals surface area contributed by atoms with Gasteiger partial charge in [-0.25, -0.2) is 0 Å². The lowest BCUT2D eigenvalue weighted by molar-refractivity contribution is 0.103. The van der Waals surface area contributed by atoms with Crippen LogP contribution in [0.2, 0.25) is 0 Å². The topological polar surface area (TPSA) is 37.3 Å². The Morgan fingerprint density at radius 1 is 0.833 bits per heavy atom. The van der Waals surface area contributed by atoms with Gasteiger partial charge in [-0.2, -0.15) is 0 Å². The van der Waals surface area contributed by atoms with E-state index in [9.17, 15) is 9.90 Å². The van der Waals surface area contributed by atoms with Gasteiger partial charge in [0, 0.05) is 17.6 Å². The molecular weight excluding hydrogens is 296 g/mol. The van der Waals surface area contributed by atoms with E-state index < -0.39 is 0 Å². The van der Waals surface area contributed by atoms with Crippen molar-refractivity contribution in [3.63, 3.8) is 0 Å². The number of Topliss-reactive ketones (excluding diaryl/α,β-unsaturated/α-hetero) is 1. The molecule has 0 spiro atoms. The lowest BCUT2D eigenvalue weighted by Gasteiger charge is -2.09. The van der Waals surface area contributed by atoms with Crippen LogP contribution in [0.4, 0.5) is 0 Å². The molecule has 0 aromatic heterocycles. The molecule has 0 saturated carbocycles. The smallest absolute Gasteiger partial charge is 0.190 e. The van der Waals surface area contributed by atoms with Crippen LogP contribution < -0.4 is 0 Å². The summed E-state index contributed by atoms with van der Waals surface area (Å²) in [5.74, 6) is 0.0826. The van der Waals surface area contributed by atoms with E-state index in [2.05, 4.69) is 12.1 Å². The Morgan fingerprint density at radius 2 is 1.58 bits per heavy atom. The fourth-order valence-corrected chi connectivity index (χ4v) is 3.31. The standard InChI is InChI=1S/C22H16O2/c23-18-11-6-10-17(13-18)22(24)20-14-16-9-4-5-12-19(16)21(20)15-7-2-1-3-8-15/h1-13,23H,14H2. The number of carbonyl (C=O) groups excluding carboxylic acids is 1. The molecule has 0 heterocycles. The summed E-state index contributed by atoms with van der Waals surface area (Å²) >= 11 is 0. The SMILES string of the molecule is O=C(C1=C(c2ccccc2)c2ccccc2C1)c1cccc(O)c1. The number of carbonyl (C=O) groups is 1. The third kappa shape index (κ3) is 2.42. The maximum atomic E-state index is 13.1. The fraction of sp³-hybridized carbons (Fsp3) is 0.0455.